The van der Waals surface area contributed by atoms with E-state index in [1.54, 1.807) is 12.1 Å². The van der Waals surface area contributed by atoms with Gasteiger partial charge in [0.05, 0.1) is 4.47 Å². The lowest BCUT2D eigenvalue weighted by Crippen LogP contribution is -2.22. The second kappa shape index (κ2) is 5.25. The van der Waals surface area contributed by atoms with Crippen molar-refractivity contribution in [3.05, 3.63) is 58.3 Å². The van der Waals surface area contributed by atoms with E-state index < -0.39 is 5.82 Å². The van der Waals surface area contributed by atoms with Crippen LogP contribution in [-0.2, 0) is 4.79 Å². The molecule has 5 heteroatoms. The first-order valence-corrected chi connectivity index (χ1v) is 6.92. The van der Waals surface area contributed by atoms with Gasteiger partial charge in [0.15, 0.2) is 0 Å². The van der Waals surface area contributed by atoms with E-state index >= 15 is 0 Å². The number of fused-ring (bicyclic) bond motifs is 1. The summed E-state index contributed by atoms with van der Waals surface area (Å²) in [5.41, 5.74) is 1.29. The molecule has 0 bridgehead atoms. The molecular weight excluding hydrogens is 325 g/mol. The summed E-state index contributed by atoms with van der Waals surface area (Å²) in [6.07, 6.45) is 0. The lowest BCUT2D eigenvalue weighted by molar-refractivity contribution is -0.117. The molecule has 102 valence electrons. The van der Waals surface area contributed by atoms with Crippen molar-refractivity contribution >= 4 is 27.5 Å². The summed E-state index contributed by atoms with van der Waals surface area (Å²) in [6.45, 7) is 0.310. The summed E-state index contributed by atoms with van der Waals surface area (Å²) in [7, 11) is 0. The summed E-state index contributed by atoms with van der Waals surface area (Å²) in [4.78, 5) is 12.2. The molecule has 3 rings (SSSR count). The SMILES string of the molecule is O=C(Nc1ccc(Br)c(F)c1)C1COc2ccccc21. The fourth-order valence-electron chi connectivity index (χ4n) is 2.18. The zero-order valence-corrected chi connectivity index (χ0v) is 12.0. The first kappa shape index (κ1) is 13.1. The Bertz CT molecular complexity index is 675. The van der Waals surface area contributed by atoms with Crippen LogP contribution >= 0.6 is 15.9 Å². The van der Waals surface area contributed by atoms with E-state index in [0.29, 0.717) is 16.8 Å². The van der Waals surface area contributed by atoms with Crippen LogP contribution in [0.3, 0.4) is 0 Å². The Morgan fingerprint density at radius 1 is 1.30 bits per heavy atom. The molecule has 1 heterocycles. The van der Waals surface area contributed by atoms with Gasteiger partial charge in [-0.1, -0.05) is 18.2 Å². The minimum Gasteiger partial charge on any atom is -0.492 e. The molecule has 20 heavy (non-hydrogen) atoms. The third-order valence-electron chi connectivity index (χ3n) is 3.20. The van der Waals surface area contributed by atoms with Gasteiger partial charge < -0.3 is 10.1 Å². The van der Waals surface area contributed by atoms with E-state index in [4.69, 9.17) is 4.74 Å². The second-order valence-corrected chi connectivity index (χ2v) is 5.37. The number of carbonyl (C=O) groups is 1. The number of ether oxygens (including phenoxy) is 1. The molecule has 0 radical (unpaired) electrons. The van der Waals surface area contributed by atoms with Gasteiger partial charge in [0.1, 0.15) is 24.1 Å². The van der Waals surface area contributed by atoms with Crippen molar-refractivity contribution in [1.29, 1.82) is 0 Å². The molecule has 1 aliphatic rings. The molecule has 1 amide bonds. The highest BCUT2D eigenvalue weighted by molar-refractivity contribution is 9.10. The number of para-hydroxylation sites is 1. The van der Waals surface area contributed by atoms with Crippen LogP contribution in [0.5, 0.6) is 5.75 Å². The van der Waals surface area contributed by atoms with Crippen molar-refractivity contribution in [3.8, 4) is 5.75 Å². The van der Waals surface area contributed by atoms with E-state index in [1.807, 2.05) is 24.3 Å². The van der Waals surface area contributed by atoms with Crippen molar-refractivity contribution in [2.45, 2.75) is 5.92 Å². The number of rotatable bonds is 2. The van der Waals surface area contributed by atoms with Gasteiger partial charge in [-0.3, -0.25) is 4.79 Å². The standard InChI is InChI=1S/C15H11BrFNO2/c16-12-6-5-9(7-13(12)17)18-15(19)11-8-20-14-4-2-1-3-10(11)14/h1-7,11H,8H2,(H,18,19). The molecule has 0 spiro atoms. The number of benzene rings is 2. The van der Waals surface area contributed by atoms with E-state index in [2.05, 4.69) is 21.2 Å². The van der Waals surface area contributed by atoms with Crippen LogP contribution in [0, 0.1) is 5.82 Å². The maximum Gasteiger partial charge on any atom is 0.235 e. The average Bonchev–Trinajstić information content (AvgIpc) is 2.87. The predicted molar refractivity (Wildman–Crippen MR) is 77.4 cm³/mol. The van der Waals surface area contributed by atoms with Crippen molar-refractivity contribution in [1.82, 2.24) is 0 Å². The smallest absolute Gasteiger partial charge is 0.235 e. The molecule has 0 saturated heterocycles. The van der Waals surface area contributed by atoms with Gasteiger partial charge in [0.2, 0.25) is 5.91 Å². The van der Waals surface area contributed by atoms with Crippen LogP contribution in [0.15, 0.2) is 46.9 Å². The summed E-state index contributed by atoms with van der Waals surface area (Å²) < 4.78 is 19.3. The Hall–Kier alpha value is -1.88. The molecule has 3 nitrogen and oxygen atoms in total. The molecule has 1 N–H and O–H groups in total. The van der Waals surface area contributed by atoms with Crippen LogP contribution in [0.25, 0.3) is 0 Å². The Labute approximate surface area is 123 Å². The van der Waals surface area contributed by atoms with Gasteiger partial charge >= 0.3 is 0 Å². The maximum absolute atomic E-state index is 13.4. The quantitative estimate of drug-likeness (QED) is 0.908. The van der Waals surface area contributed by atoms with Gasteiger partial charge in [-0.25, -0.2) is 4.39 Å². The topological polar surface area (TPSA) is 38.3 Å². The zero-order chi connectivity index (χ0) is 14.1. The first-order chi connectivity index (χ1) is 9.65. The van der Waals surface area contributed by atoms with Crippen LogP contribution in [0.1, 0.15) is 11.5 Å². The molecule has 2 aromatic carbocycles. The number of hydrogen-bond acceptors (Lipinski definition) is 2. The molecule has 1 aliphatic heterocycles. The molecule has 0 fully saturated rings. The Kier molecular flexibility index (Phi) is 3.44. The predicted octanol–water partition coefficient (Wildman–Crippen LogP) is 3.70. The Morgan fingerprint density at radius 3 is 2.90 bits per heavy atom. The lowest BCUT2D eigenvalue weighted by atomic mass is 10.0. The van der Waals surface area contributed by atoms with Gasteiger partial charge in [-0.05, 0) is 40.2 Å². The molecule has 2 aromatic rings. The van der Waals surface area contributed by atoms with Gasteiger partial charge in [-0.2, -0.15) is 0 Å². The normalized spacial score (nSPS) is 16.4. The highest BCUT2D eigenvalue weighted by atomic mass is 79.9. The summed E-state index contributed by atoms with van der Waals surface area (Å²) >= 11 is 3.08. The molecule has 1 atom stereocenters. The number of hydrogen-bond donors (Lipinski definition) is 1. The third kappa shape index (κ3) is 2.41. The molecule has 0 saturated carbocycles. The minimum absolute atomic E-state index is 0.198. The monoisotopic (exact) mass is 335 g/mol. The van der Waals surface area contributed by atoms with Crippen molar-refractivity contribution in [2.75, 3.05) is 11.9 Å². The number of halogens is 2. The third-order valence-corrected chi connectivity index (χ3v) is 3.85. The summed E-state index contributed by atoms with van der Waals surface area (Å²) in [5.74, 6) is -0.241. The lowest BCUT2D eigenvalue weighted by Gasteiger charge is -2.10. The van der Waals surface area contributed by atoms with E-state index in [0.717, 1.165) is 11.3 Å². The first-order valence-electron chi connectivity index (χ1n) is 6.13. The number of carbonyl (C=O) groups excluding carboxylic acids is 1. The Balaban J connectivity index is 1.79. The minimum atomic E-state index is -0.411. The number of nitrogens with one attached hydrogen (secondary N) is 1. The van der Waals surface area contributed by atoms with Crippen molar-refractivity contribution < 1.29 is 13.9 Å². The highest BCUT2D eigenvalue weighted by Gasteiger charge is 2.30. The molecule has 1 unspecified atom stereocenters. The van der Waals surface area contributed by atoms with E-state index in [1.165, 1.54) is 6.07 Å². The van der Waals surface area contributed by atoms with Gasteiger partial charge in [0, 0.05) is 11.3 Å². The van der Waals surface area contributed by atoms with Crippen LogP contribution < -0.4 is 10.1 Å². The van der Waals surface area contributed by atoms with Crippen molar-refractivity contribution in [2.24, 2.45) is 0 Å². The summed E-state index contributed by atoms with van der Waals surface area (Å²) in [6, 6.07) is 11.9. The van der Waals surface area contributed by atoms with Crippen LogP contribution in [0.4, 0.5) is 10.1 Å². The molecular formula is C15H11BrFNO2. The van der Waals surface area contributed by atoms with Gasteiger partial charge in [-0.15, -0.1) is 0 Å². The molecule has 0 aliphatic carbocycles. The fourth-order valence-corrected chi connectivity index (χ4v) is 2.43. The summed E-state index contributed by atoms with van der Waals surface area (Å²) in [5, 5.41) is 2.71. The van der Waals surface area contributed by atoms with Crippen LogP contribution in [0.2, 0.25) is 0 Å². The molecule has 0 aromatic heterocycles. The van der Waals surface area contributed by atoms with Gasteiger partial charge in [0.25, 0.3) is 0 Å². The van der Waals surface area contributed by atoms with E-state index in [9.17, 15) is 9.18 Å². The zero-order valence-electron chi connectivity index (χ0n) is 10.4. The van der Waals surface area contributed by atoms with Crippen LogP contribution in [-0.4, -0.2) is 12.5 Å². The maximum atomic E-state index is 13.4. The number of anilines is 1. The number of amides is 1. The average molecular weight is 336 g/mol. The second-order valence-electron chi connectivity index (χ2n) is 4.52. The Morgan fingerprint density at radius 2 is 2.10 bits per heavy atom. The fraction of sp³-hybridized carbons (Fsp3) is 0.133. The largest absolute Gasteiger partial charge is 0.492 e. The van der Waals surface area contributed by atoms with E-state index in [-0.39, 0.29) is 11.8 Å². The highest BCUT2D eigenvalue weighted by Crippen LogP contribution is 2.34. The van der Waals surface area contributed by atoms with Crippen molar-refractivity contribution in [3.63, 3.8) is 0 Å².